The molecule has 3 aromatic carbocycles. The summed E-state index contributed by atoms with van der Waals surface area (Å²) in [7, 11) is 1.83. The maximum absolute atomic E-state index is 13.2. The Morgan fingerprint density at radius 3 is 2.47 bits per heavy atom. The van der Waals surface area contributed by atoms with E-state index in [1.807, 2.05) is 51.0 Å². The van der Waals surface area contributed by atoms with Crippen LogP contribution < -0.4 is 10.4 Å². The third-order valence-electron chi connectivity index (χ3n) is 6.17. The summed E-state index contributed by atoms with van der Waals surface area (Å²) in [6, 6.07) is 16.9. The number of hydrazone groups is 1. The first-order chi connectivity index (χ1) is 16.2. The quantitative estimate of drug-likeness (QED) is 0.386. The van der Waals surface area contributed by atoms with Crippen LogP contribution in [0.5, 0.6) is 5.75 Å². The number of anilines is 2. The number of hydrogen-bond donors (Lipinski definition) is 3. The molecule has 1 amide bonds. The molecule has 8 heteroatoms. The van der Waals surface area contributed by atoms with Crippen molar-refractivity contribution in [2.24, 2.45) is 5.10 Å². The van der Waals surface area contributed by atoms with E-state index in [-0.39, 0.29) is 23.3 Å². The van der Waals surface area contributed by atoms with Gasteiger partial charge in [-0.15, -0.1) is 0 Å². The molecule has 0 aromatic heterocycles. The van der Waals surface area contributed by atoms with Crippen molar-refractivity contribution < 1.29 is 19.8 Å². The molecule has 1 aliphatic heterocycles. The van der Waals surface area contributed by atoms with Gasteiger partial charge in [0.15, 0.2) is 0 Å². The second kappa shape index (κ2) is 8.99. The van der Waals surface area contributed by atoms with Crippen molar-refractivity contribution in [1.29, 1.82) is 0 Å². The smallest absolute Gasteiger partial charge is 0.335 e. The number of nitrogens with zero attached hydrogens (tertiary/aromatic N) is 3. The number of phenolic OH excluding ortho intramolecular Hbond substituents is 1. The van der Waals surface area contributed by atoms with Crippen LogP contribution in [0.3, 0.4) is 0 Å². The lowest BCUT2D eigenvalue weighted by atomic mass is 10.0. The summed E-state index contributed by atoms with van der Waals surface area (Å²) in [5, 5.41) is 27.8. The number of aromatic carboxylic acids is 1. The number of carbonyl (C=O) groups is 2. The number of aromatic hydroxyl groups is 1. The van der Waals surface area contributed by atoms with Gasteiger partial charge in [-0.1, -0.05) is 30.3 Å². The number of hydrogen-bond acceptors (Lipinski definition) is 6. The Kier molecular flexibility index (Phi) is 6.08. The van der Waals surface area contributed by atoms with E-state index in [0.717, 1.165) is 16.8 Å². The van der Waals surface area contributed by atoms with Crippen molar-refractivity contribution in [3.05, 3.63) is 77.4 Å². The Bertz CT molecular complexity index is 1320. The molecule has 0 aliphatic carbocycles. The van der Waals surface area contributed by atoms with Crippen LogP contribution in [-0.4, -0.2) is 45.9 Å². The highest BCUT2D eigenvalue weighted by Crippen LogP contribution is 2.36. The monoisotopic (exact) mass is 458 g/mol. The zero-order chi connectivity index (χ0) is 24.6. The van der Waals surface area contributed by atoms with Crippen molar-refractivity contribution >= 4 is 29.0 Å². The Labute approximate surface area is 197 Å². The van der Waals surface area contributed by atoms with Gasteiger partial charge >= 0.3 is 5.97 Å². The highest BCUT2D eigenvalue weighted by Gasteiger charge is 2.40. The van der Waals surface area contributed by atoms with E-state index in [4.69, 9.17) is 0 Å². The number of benzene rings is 3. The minimum absolute atomic E-state index is 0.0909. The topological polar surface area (TPSA) is 105 Å². The molecular formula is C26H26N4O4. The van der Waals surface area contributed by atoms with E-state index in [0.29, 0.717) is 22.5 Å². The van der Waals surface area contributed by atoms with Crippen molar-refractivity contribution in [3.8, 4) is 16.9 Å². The van der Waals surface area contributed by atoms with Crippen molar-refractivity contribution in [2.45, 2.75) is 26.8 Å². The van der Waals surface area contributed by atoms with Gasteiger partial charge in [-0.3, -0.25) is 10.2 Å². The molecular weight excluding hydrogens is 432 g/mol. The van der Waals surface area contributed by atoms with Crippen LogP contribution in [0.1, 0.15) is 28.4 Å². The summed E-state index contributed by atoms with van der Waals surface area (Å²) in [6.45, 7) is 5.90. The van der Waals surface area contributed by atoms with E-state index in [9.17, 15) is 19.8 Å². The van der Waals surface area contributed by atoms with E-state index >= 15 is 0 Å². The molecule has 0 saturated carbocycles. The van der Waals surface area contributed by atoms with Crippen LogP contribution >= 0.6 is 0 Å². The number of para-hydroxylation sites is 1. The minimum atomic E-state index is -1.05. The molecule has 0 bridgehead atoms. The van der Waals surface area contributed by atoms with E-state index in [1.54, 1.807) is 35.3 Å². The molecule has 174 valence electrons. The van der Waals surface area contributed by atoms with Crippen LogP contribution in [0.15, 0.2) is 65.8 Å². The zero-order valence-corrected chi connectivity index (χ0v) is 19.4. The van der Waals surface area contributed by atoms with Gasteiger partial charge in [-0.05, 0) is 67.8 Å². The van der Waals surface area contributed by atoms with Gasteiger partial charge in [-0.2, -0.15) is 5.10 Å². The molecule has 1 atom stereocenters. The lowest BCUT2D eigenvalue weighted by Crippen LogP contribution is -2.38. The van der Waals surface area contributed by atoms with Gasteiger partial charge in [-0.25, -0.2) is 14.8 Å². The summed E-state index contributed by atoms with van der Waals surface area (Å²) >= 11 is 0. The first-order valence-corrected chi connectivity index (χ1v) is 10.8. The predicted octanol–water partition coefficient (Wildman–Crippen LogP) is 4.42. The molecule has 1 heterocycles. The Hall–Kier alpha value is -4.17. The fourth-order valence-corrected chi connectivity index (χ4v) is 3.89. The van der Waals surface area contributed by atoms with Gasteiger partial charge in [0.25, 0.3) is 5.91 Å². The SMILES string of the molecule is Cc1ccc(N2C(=O)/C(=N\Nc3cccc(-c4cccc(C(=O)O)c4)c3O)C(C)N2C)cc1C. The predicted molar refractivity (Wildman–Crippen MR) is 132 cm³/mol. The average molecular weight is 459 g/mol. The summed E-state index contributed by atoms with van der Waals surface area (Å²) < 4.78 is 0. The van der Waals surface area contributed by atoms with Gasteiger partial charge in [0.2, 0.25) is 0 Å². The van der Waals surface area contributed by atoms with Gasteiger partial charge < -0.3 is 10.2 Å². The van der Waals surface area contributed by atoms with Gasteiger partial charge in [0, 0.05) is 12.6 Å². The van der Waals surface area contributed by atoms with E-state index in [2.05, 4.69) is 10.5 Å². The Balaban J connectivity index is 1.63. The maximum atomic E-state index is 13.2. The van der Waals surface area contributed by atoms with Crippen LogP contribution in [-0.2, 0) is 4.79 Å². The number of carboxylic acid groups (broad SMARTS) is 1. The van der Waals surface area contributed by atoms with E-state index < -0.39 is 5.97 Å². The molecule has 1 saturated heterocycles. The molecule has 3 aromatic rings. The van der Waals surface area contributed by atoms with Crippen LogP contribution in [0.2, 0.25) is 0 Å². The summed E-state index contributed by atoms with van der Waals surface area (Å²) in [4.78, 5) is 24.5. The second-order valence-electron chi connectivity index (χ2n) is 8.33. The third-order valence-corrected chi connectivity index (χ3v) is 6.17. The standard InChI is InChI=1S/C26H26N4O4/c1-15-11-12-20(13-16(15)2)30-25(32)23(17(3)29(30)4)28-27-22-10-6-9-21(24(22)31)18-7-5-8-19(14-18)26(33)34/h5-14,17,27,31H,1-4H3,(H,33,34)/b28-23-. The first-order valence-electron chi connectivity index (χ1n) is 10.8. The third kappa shape index (κ3) is 4.11. The van der Waals surface area contributed by atoms with Crippen molar-refractivity contribution in [1.82, 2.24) is 5.01 Å². The number of hydrazine groups is 1. The summed E-state index contributed by atoms with van der Waals surface area (Å²) in [5.41, 5.74) is 7.55. The molecule has 34 heavy (non-hydrogen) atoms. The number of rotatable bonds is 5. The molecule has 0 spiro atoms. The van der Waals surface area contributed by atoms with Crippen molar-refractivity contribution in [2.75, 3.05) is 17.5 Å². The molecule has 1 aliphatic rings. The molecule has 3 N–H and O–H groups in total. The van der Waals surface area contributed by atoms with Crippen LogP contribution in [0.4, 0.5) is 11.4 Å². The number of carbonyl (C=O) groups excluding carboxylic acids is 1. The highest BCUT2D eigenvalue weighted by atomic mass is 16.4. The number of nitrogens with one attached hydrogen (secondary N) is 1. The lowest BCUT2D eigenvalue weighted by Gasteiger charge is -2.26. The van der Waals surface area contributed by atoms with Gasteiger partial charge in [0.05, 0.1) is 23.0 Å². The fraction of sp³-hybridized carbons (Fsp3) is 0.192. The number of amides is 1. The molecule has 8 nitrogen and oxygen atoms in total. The first kappa shape index (κ1) is 23.0. The maximum Gasteiger partial charge on any atom is 0.335 e. The van der Waals surface area contributed by atoms with Crippen LogP contribution in [0, 0.1) is 13.8 Å². The average Bonchev–Trinajstić information content (AvgIpc) is 3.03. The Morgan fingerprint density at radius 1 is 1.03 bits per heavy atom. The fourth-order valence-electron chi connectivity index (χ4n) is 3.89. The Morgan fingerprint density at radius 2 is 1.76 bits per heavy atom. The zero-order valence-electron chi connectivity index (χ0n) is 19.4. The minimum Gasteiger partial charge on any atom is -0.505 e. The number of aryl methyl sites for hydroxylation is 2. The number of carboxylic acids is 1. The number of phenols is 1. The lowest BCUT2D eigenvalue weighted by molar-refractivity contribution is -0.113. The van der Waals surface area contributed by atoms with Gasteiger partial charge in [0.1, 0.15) is 11.5 Å². The molecule has 1 fully saturated rings. The second-order valence-corrected chi connectivity index (χ2v) is 8.33. The molecule has 4 rings (SSSR count). The summed E-state index contributed by atoms with van der Waals surface area (Å²) in [5.74, 6) is -1.39. The summed E-state index contributed by atoms with van der Waals surface area (Å²) in [6.07, 6.45) is 0. The highest BCUT2D eigenvalue weighted by molar-refractivity contribution is 6.47. The van der Waals surface area contributed by atoms with Crippen molar-refractivity contribution in [3.63, 3.8) is 0 Å². The molecule has 1 unspecified atom stereocenters. The van der Waals surface area contributed by atoms with E-state index in [1.165, 1.54) is 12.1 Å². The largest absolute Gasteiger partial charge is 0.505 e. The van der Waals surface area contributed by atoms with Crippen LogP contribution in [0.25, 0.3) is 11.1 Å². The molecule has 0 radical (unpaired) electrons. The normalized spacial score (nSPS) is 17.4.